The fourth-order valence-corrected chi connectivity index (χ4v) is 3.69. The Labute approximate surface area is 171 Å². The number of esters is 1. The smallest absolute Gasteiger partial charge is 0.338 e. The molecule has 2 aliphatic rings. The molecule has 1 saturated heterocycles. The first-order valence-electron chi connectivity index (χ1n) is 10.3. The second-order valence-electron chi connectivity index (χ2n) is 7.76. The van der Waals surface area contributed by atoms with Crippen LogP contribution in [0.4, 0.5) is 0 Å². The Morgan fingerprint density at radius 1 is 1.24 bits per heavy atom. The molecule has 1 N–H and O–H groups in total. The maximum atomic E-state index is 12.4. The van der Waals surface area contributed by atoms with Crippen LogP contribution in [-0.2, 0) is 14.3 Å². The molecule has 1 heterocycles. The molecule has 0 aromatic heterocycles. The van der Waals surface area contributed by atoms with Gasteiger partial charge in [-0.05, 0) is 56.9 Å². The molecule has 2 fully saturated rings. The Morgan fingerprint density at radius 3 is 2.59 bits per heavy atom. The van der Waals surface area contributed by atoms with Crippen LogP contribution in [0.15, 0.2) is 24.3 Å². The molecule has 1 aliphatic carbocycles. The number of hydrogen-bond donors (Lipinski definition) is 1. The highest BCUT2D eigenvalue weighted by Crippen LogP contribution is 2.27. The summed E-state index contributed by atoms with van der Waals surface area (Å²) in [6.45, 7) is 2.78. The van der Waals surface area contributed by atoms with Crippen molar-refractivity contribution in [3.63, 3.8) is 0 Å². The third kappa shape index (κ3) is 5.70. The zero-order valence-corrected chi connectivity index (χ0v) is 16.8. The number of nitrogens with one attached hydrogen (secondary N) is 1. The van der Waals surface area contributed by atoms with Crippen molar-refractivity contribution in [1.82, 2.24) is 5.32 Å². The molecule has 0 unspecified atom stereocenters. The summed E-state index contributed by atoms with van der Waals surface area (Å²) in [5.74, 6) is -0.387. The minimum absolute atomic E-state index is 0.125. The van der Waals surface area contributed by atoms with Gasteiger partial charge in [-0.1, -0.05) is 19.3 Å². The number of nitriles is 1. The second kappa shape index (κ2) is 9.75. The fraction of sp³-hybridized carbons (Fsp3) is 0.591. The van der Waals surface area contributed by atoms with Crippen molar-refractivity contribution in [2.24, 2.45) is 0 Å². The Kier molecular flexibility index (Phi) is 7.10. The molecule has 7 heteroatoms. The van der Waals surface area contributed by atoms with Gasteiger partial charge in [0.25, 0.3) is 5.91 Å². The van der Waals surface area contributed by atoms with Crippen LogP contribution < -0.4 is 10.1 Å². The highest BCUT2D eigenvalue weighted by atomic mass is 16.5. The molecule has 1 amide bonds. The molecule has 1 aromatic carbocycles. The lowest BCUT2D eigenvalue weighted by Crippen LogP contribution is -2.52. The van der Waals surface area contributed by atoms with E-state index in [4.69, 9.17) is 14.2 Å². The number of carbonyl (C=O) groups excluding carboxylic acids is 2. The third-order valence-corrected chi connectivity index (χ3v) is 5.49. The first-order chi connectivity index (χ1) is 14.0. The molecule has 29 heavy (non-hydrogen) atoms. The molecular formula is C22H28N2O5. The Morgan fingerprint density at radius 2 is 1.97 bits per heavy atom. The van der Waals surface area contributed by atoms with E-state index in [9.17, 15) is 14.9 Å². The predicted molar refractivity (Wildman–Crippen MR) is 105 cm³/mol. The van der Waals surface area contributed by atoms with Crippen LogP contribution in [0.3, 0.4) is 0 Å². The van der Waals surface area contributed by atoms with Crippen LogP contribution in [0.2, 0.25) is 0 Å². The summed E-state index contributed by atoms with van der Waals surface area (Å²) in [5, 5.41) is 12.3. The van der Waals surface area contributed by atoms with Crippen LogP contribution in [0.5, 0.6) is 5.75 Å². The Hall–Kier alpha value is -2.59. The highest BCUT2D eigenvalue weighted by Gasteiger charge is 2.35. The molecule has 0 bridgehead atoms. The standard InChI is InChI=1S/C22H28N2O5/c1-16(20(25)24-22(15-23)11-3-2-4-12-22)29-21(26)17-7-9-18(10-8-17)28-14-19-6-5-13-27-19/h7-10,16,19H,2-6,11-14H2,1H3,(H,24,25)/t16-,19+/m1/s1. The summed E-state index contributed by atoms with van der Waals surface area (Å²) >= 11 is 0. The maximum Gasteiger partial charge on any atom is 0.338 e. The van der Waals surface area contributed by atoms with Crippen molar-refractivity contribution in [3.8, 4) is 11.8 Å². The van der Waals surface area contributed by atoms with E-state index in [2.05, 4.69) is 11.4 Å². The van der Waals surface area contributed by atoms with E-state index in [1.807, 2.05) is 0 Å². The lowest BCUT2D eigenvalue weighted by molar-refractivity contribution is -0.130. The van der Waals surface area contributed by atoms with Gasteiger partial charge in [-0.2, -0.15) is 5.26 Å². The van der Waals surface area contributed by atoms with Crippen molar-refractivity contribution in [2.45, 2.75) is 69.6 Å². The van der Waals surface area contributed by atoms with Gasteiger partial charge in [-0.15, -0.1) is 0 Å². The monoisotopic (exact) mass is 400 g/mol. The van der Waals surface area contributed by atoms with E-state index in [-0.39, 0.29) is 6.10 Å². The van der Waals surface area contributed by atoms with Crippen LogP contribution in [0, 0.1) is 11.3 Å². The van der Waals surface area contributed by atoms with Gasteiger partial charge in [0.15, 0.2) is 6.10 Å². The molecule has 3 rings (SSSR count). The lowest BCUT2D eigenvalue weighted by Gasteiger charge is -2.32. The average Bonchev–Trinajstić information content (AvgIpc) is 3.27. The average molecular weight is 400 g/mol. The quantitative estimate of drug-likeness (QED) is 0.706. The van der Waals surface area contributed by atoms with E-state index in [1.54, 1.807) is 24.3 Å². The summed E-state index contributed by atoms with van der Waals surface area (Å²) in [4.78, 5) is 24.8. The summed E-state index contributed by atoms with van der Waals surface area (Å²) in [7, 11) is 0. The Bertz CT molecular complexity index is 743. The molecule has 156 valence electrons. The van der Waals surface area contributed by atoms with Crippen molar-refractivity contribution in [2.75, 3.05) is 13.2 Å². The van der Waals surface area contributed by atoms with Crippen LogP contribution in [0.1, 0.15) is 62.2 Å². The van der Waals surface area contributed by atoms with Gasteiger partial charge in [0.1, 0.15) is 17.9 Å². The Balaban J connectivity index is 1.49. The largest absolute Gasteiger partial charge is 0.491 e. The van der Waals surface area contributed by atoms with Crippen molar-refractivity contribution in [3.05, 3.63) is 29.8 Å². The van der Waals surface area contributed by atoms with Crippen LogP contribution in [-0.4, -0.2) is 42.8 Å². The number of ether oxygens (including phenoxy) is 3. The lowest BCUT2D eigenvalue weighted by atomic mass is 9.83. The van der Waals surface area contributed by atoms with Gasteiger partial charge >= 0.3 is 5.97 Å². The van der Waals surface area contributed by atoms with Gasteiger partial charge in [0.05, 0.1) is 17.7 Å². The van der Waals surface area contributed by atoms with Gasteiger partial charge < -0.3 is 19.5 Å². The summed E-state index contributed by atoms with van der Waals surface area (Å²) in [5.41, 5.74) is -0.514. The van der Waals surface area contributed by atoms with Crippen LogP contribution >= 0.6 is 0 Å². The minimum atomic E-state index is -0.981. The molecule has 0 spiro atoms. The number of nitrogens with zero attached hydrogens (tertiary/aromatic N) is 1. The zero-order chi connectivity index (χ0) is 20.7. The number of benzene rings is 1. The first kappa shape index (κ1) is 21.1. The van der Waals surface area contributed by atoms with Crippen molar-refractivity contribution in [1.29, 1.82) is 5.26 Å². The molecule has 0 radical (unpaired) electrons. The summed E-state index contributed by atoms with van der Waals surface area (Å²) in [6, 6.07) is 8.84. The number of rotatable bonds is 7. The van der Waals surface area contributed by atoms with E-state index in [0.717, 1.165) is 38.7 Å². The number of amides is 1. The summed E-state index contributed by atoms with van der Waals surface area (Å²) in [6.07, 6.45) is 5.33. The van der Waals surface area contributed by atoms with Gasteiger partial charge in [-0.25, -0.2) is 4.79 Å². The zero-order valence-electron chi connectivity index (χ0n) is 16.8. The molecule has 7 nitrogen and oxygen atoms in total. The normalized spacial score (nSPS) is 21.6. The maximum absolute atomic E-state index is 12.4. The van der Waals surface area contributed by atoms with Gasteiger partial charge in [0.2, 0.25) is 0 Å². The van der Waals surface area contributed by atoms with E-state index >= 15 is 0 Å². The van der Waals surface area contributed by atoms with E-state index < -0.39 is 23.5 Å². The van der Waals surface area contributed by atoms with Gasteiger partial charge in [0, 0.05) is 6.61 Å². The number of hydrogen-bond acceptors (Lipinski definition) is 6. The minimum Gasteiger partial charge on any atom is -0.491 e. The first-order valence-corrected chi connectivity index (χ1v) is 10.3. The second-order valence-corrected chi connectivity index (χ2v) is 7.76. The molecule has 1 aromatic rings. The van der Waals surface area contributed by atoms with Gasteiger partial charge in [-0.3, -0.25) is 4.79 Å². The predicted octanol–water partition coefficient (Wildman–Crippen LogP) is 3.13. The van der Waals surface area contributed by atoms with Crippen LogP contribution in [0.25, 0.3) is 0 Å². The molecule has 2 atom stereocenters. The highest BCUT2D eigenvalue weighted by molar-refractivity contribution is 5.92. The summed E-state index contributed by atoms with van der Waals surface area (Å²) < 4.78 is 16.5. The fourth-order valence-electron chi connectivity index (χ4n) is 3.69. The third-order valence-electron chi connectivity index (χ3n) is 5.49. The topological polar surface area (TPSA) is 97.7 Å². The number of carbonyl (C=O) groups is 2. The van der Waals surface area contributed by atoms with Crippen molar-refractivity contribution >= 4 is 11.9 Å². The van der Waals surface area contributed by atoms with E-state index in [1.165, 1.54) is 6.92 Å². The molecule has 1 aliphatic heterocycles. The van der Waals surface area contributed by atoms with Crippen molar-refractivity contribution < 1.29 is 23.8 Å². The SMILES string of the molecule is C[C@@H](OC(=O)c1ccc(OC[C@@H]2CCCO2)cc1)C(=O)NC1(C#N)CCCCC1. The molecular weight excluding hydrogens is 372 g/mol. The molecule has 1 saturated carbocycles. The van der Waals surface area contributed by atoms with E-state index in [0.29, 0.717) is 30.8 Å².